The van der Waals surface area contributed by atoms with Gasteiger partial charge in [0.1, 0.15) is 11.3 Å². The zero-order valence-electron chi connectivity index (χ0n) is 15.7. The van der Waals surface area contributed by atoms with E-state index in [1.54, 1.807) is 6.92 Å². The molecule has 1 aliphatic carbocycles. The molecule has 0 heterocycles. The van der Waals surface area contributed by atoms with Crippen LogP contribution in [0.25, 0.3) is 11.1 Å². The zero-order chi connectivity index (χ0) is 19.3. The van der Waals surface area contributed by atoms with E-state index < -0.39 is 11.6 Å². The first kappa shape index (κ1) is 19.0. The molecule has 1 unspecified atom stereocenters. The Balaban J connectivity index is 1.63. The molecule has 3 rings (SSSR count). The van der Waals surface area contributed by atoms with Crippen molar-refractivity contribution < 1.29 is 19.1 Å². The van der Waals surface area contributed by atoms with Crippen molar-refractivity contribution >= 4 is 11.9 Å². The van der Waals surface area contributed by atoms with Crippen LogP contribution < -0.4 is 10.1 Å². The third-order valence-corrected chi connectivity index (χ3v) is 5.04. The lowest BCUT2D eigenvalue weighted by molar-refractivity contribution is -0.151. The van der Waals surface area contributed by atoms with Crippen LogP contribution in [0, 0.1) is 0 Å². The third-order valence-electron chi connectivity index (χ3n) is 5.04. The van der Waals surface area contributed by atoms with Crippen molar-refractivity contribution in [1.82, 2.24) is 5.32 Å². The van der Waals surface area contributed by atoms with Gasteiger partial charge in [-0.05, 0) is 43.0 Å². The molecule has 1 N–H and O–H groups in total. The Morgan fingerprint density at radius 3 is 2.15 bits per heavy atom. The van der Waals surface area contributed by atoms with Crippen molar-refractivity contribution in [2.75, 3.05) is 7.11 Å². The molecular formula is C22H25NO4. The summed E-state index contributed by atoms with van der Waals surface area (Å²) >= 11 is 0. The lowest BCUT2D eigenvalue weighted by Gasteiger charge is -2.28. The normalized spacial score (nSPS) is 16.4. The van der Waals surface area contributed by atoms with Crippen molar-refractivity contribution in [2.45, 2.75) is 44.2 Å². The Kier molecular flexibility index (Phi) is 5.79. The summed E-state index contributed by atoms with van der Waals surface area (Å²) in [6.45, 7) is 1.68. The molecule has 0 bridgehead atoms. The molecule has 2 aromatic rings. The molecule has 2 aromatic carbocycles. The van der Waals surface area contributed by atoms with Crippen LogP contribution in [-0.4, -0.2) is 30.6 Å². The van der Waals surface area contributed by atoms with Gasteiger partial charge < -0.3 is 14.8 Å². The monoisotopic (exact) mass is 367 g/mol. The second kappa shape index (κ2) is 8.25. The molecule has 1 aliphatic rings. The number of amides is 1. The van der Waals surface area contributed by atoms with E-state index in [1.807, 2.05) is 54.6 Å². The van der Waals surface area contributed by atoms with E-state index in [0.717, 1.165) is 24.0 Å². The van der Waals surface area contributed by atoms with Crippen LogP contribution in [-0.2, 0) is 14.3 Å². The molecule has 1 amide bonds. The van der Waals surface area contributed by atoms with Crippen LogP contribution in [0.5, 0.6) is 5.75 Å². The number of hydrogen-bond donors (Lipinski definition) is 1. The van der Waals surface area contributed by atoms with E-state index in [-0.39, 0.29) is 11.9 Å². The number of carbonyl (C=O) groups excluding carboxylic acids is 2. The van der Waals surface area contributed by atoms with E-state index >= 15 is 0 Å². The van der Waals surface area contributed by atoms with Crippen molar-refractivity contribution in [2.24, 2.45) is 0 Å². The quantitative estimate of drug-likeness (QED) is 0.790. The molecule has 0 aromatic heterocycles. The number of ether oxygens (including phenoxy) is 2. The van der Waals surface area contributed by atoms with Gasteiger partial charge >= 0.3 is 5.97 Å². The van der Waals surface area contributed by atoms with Gasteiger partial charge in [-0.1, -0.05) is 55.3 Å². The lowest BCUT2D eigenvalue weighted by Crippen LogP contribution is -2.56. The molecule has 0 saturated heterocycles. The minimum atomic E-state index is -0.916. The molecule has 27 heavy (non-hydrogen) atoms. The van der Waals surface area contributed by atoms with Crippen molar-refractivity contribution in [3.63, 3.8) is 0 Å². The summed E-state index contributed by atoms with van der Waals surface area (Å²) in [6.07, 6.45) is 2.28. The van der Waals surface area contributed by atoms with Gasteiger partial charge in [0.15, 0.2) is 6.10 Å². The summed E-state index contributed by atoms with van der Waals surface area (Å²) in [6, 6.07) is 17.7. The van der Waals surface area contributed by atoms with Crippen molar-refractivity contribution in [1.29, 1.82) is 0 Å². The summed E-state index contributed by atoms with van der Waals surface area (Å²) < 4.78 is 10.7. The summed E-state index contributed by atoms with van der Waals surface area (Å²) in [5, 5.41) is 2.86. The van der Waals surface area contributed by atoms with Gasteiger partial charge in [-0.2, -0.15) is 0 Å². The number of nitrogens with one attached hydrogen (secondary N) is 1. The molecule has 5 heteroatoms. The number of methoxy groups -OCH3 is 1. The predicted molar refractivity (Wildman–Crippen MR) is 103 cm³/mol. The number of hydrogen-bond acceptors (Lipinski definition) is 4. The number of benzene rings is 2. The maximum atomic E-state index is 12.6. The molecule has 0 aliphatic heterocycles. The topological polar surface area (TPSA) is 64.6 Å². The van der Waals surface area contributed by atoms with Gasteiger partial charge in [0.2, 0.25) is 0 Å². The molecule has 142 valence electrons. The van der Waals surface area contributed by atoms with Gasteiger partial charge in [-0.3, -0.25) is 4.79 Å². The van der Waals surface area contributed by atoms with Crippen LogP contribution in [0.4, 0.5) is 0 Å². The summed E-state index contributed by atoms with van der Waals surface area (Å²) in [5.74, 6) is -0.0851. The number of carbonyl (C=O) groups is 2. The van der Waals surface area contributed by atoms with E-state index in [1.165, 1.54) is 7.11 Å². The van der Waals surface area contributed by atoms with Gasteiger partial charge in [0, 0.05) is 0 Å². The number of rotatable bonds is 6. The molecule has 1 saturated carbocycles. The first-order valence-electron chi connectivity index (χ1n) is 9.27. The third kappa shape index (κ3) is 4.30. The summed E-state index contributed by atoms with van der Waals surface area (Å²) in [7, 11) is 1.35. The van der Waals surface area contributed by atoms with Crippen LogP contribution in [0.3, 0.4) is 0 Å². The minimum absolute atomic E-state index is 0.311. The molecule has 5 nitrogen and oxygen atoms in total. The fourth-order valence-electron chi connectivity index (χ4n) is 3.51. The van der Waals surface area contributed by atoms with Crippen LogP contribution in [0.1, 0.15) is 32.6 Å². The Hall–Kier alpha value is -2.82. The average molecular weight is 367 g/mol. The molecular weight excluding hydrogens is 342 g/mol. The Morgan fingerprint density at radius 2 is 1.56 bits per heavy atom. The van der Waals surface area contributed by atoms with Crippen molar-refractivity contribution in [3.8, 4) is 16.9 Å². The maximum Gasteiger partial charge on any atom is 0.331 e. The SMILES string of the molecule is COC(=O)C1(NC(=O)C(C)Oc2ccc(-c3ccccc3)cc2)CCCC1. The highest BCUT2D eigenvalue weighted by Gasteiger charge is 2.44. The Morgan fingerprint density at radius 1 is 0.963 bits per heavy atom. The van der Waals surface area contributed by atoms with E-state index in [4.69, 9.17) is 9.47 Å². The predicted octanol–water partition coefficient (Wildman–Crippen LogP) is 3.72. The molecule has 0 radical (unpaired) electrons. The number of esters is 1. The van der Waals surface area contributed by atoms with Gasteiger partial charge in [0.25, 0.3) is 5.91 Å². The highest BCUT2D eigenvalue weighted by molar-refractivity contribution is 5.90. The Labute approximate surface area is 159 Å². The lowest BCUT2D eigenvalue weighted by atomic mass is 9.97. The standard InChI is InChI=1S/C22H25NO4/c1-16(20(24)23-22(21(25)26-2)14-6-7-15-22)27-19-12-10-18(11-13-19)17-8-4-3-5-9-17/h3-5,8-13,16H,6-7,14-15H2,1-2H3,(H,23,24). The largest absolute Gasteiger partial charge is 0.481 e. The van der Waals surface area contributed by atoms with Crippen LogP contribution in [0.2, 0.25) is 0 Å². The zero-order valence-corrected chi connectivity index (χ0v) is 15.7. The van der Waals surface area contributed by atoms with E-state index in [9.17, 15) is 9.59 Å². The molecule has 1 atom stereocenters. The van der Waals surface area contributed by atoms with Crippen LogP contribution in [0.15, 0.2) is 54.6 Å². The fraction of sp³-hybridized carbons (Fsp3) is 0.364. The second-order valence-corrected chi connectivity index (χ2v) is 6.92. The Bertz CT molecular complexity index is 780. The molecule has 1 fully saturated rings. The van der Waals surface area contributed by atoms with Crippen LogP contribution >= 0.6 is 0 Å². The molecule has 0 spiro atoms. The highest BCUT2D eigenvalue weighted by atomic mass is 16.5. The average Bonchev–Trinajstić information content (AvgIpc) is 3.18. The van der Waals surface area contributed by atoms with Crippen molar-refractivity contribution in [3.05, 3.63) is 54.6 Å². The second-order valence-electron chi connectivity index (χ2n) is 6.92. The van der Waals surface area contributed by atoms with Gasteiger partial charge in [-0.25, -0.2) is 4.79 Å². The maximum absolute atomic E-state index is 12.6. The first-order valence-corrected chi connectivity index (χ1v) is 9.27. The van der Waals surface area contributed by atoms with E-state index in [2.05, 4.69) is 5.32 Å². The van der Waals surface area contributed by atoms with E-state index in [0.29, 0.717) is 18.6 Å². The highest BCUT2D eigenvalue weighted by Crippen LogP contribution is 2.31. The van der Waals surface area contributed by atoms with Gasteiger partial charge in [0.05, 0.1) is 7.11 Å². The summed E-state index contributed by atoms with van der Waals surface area (Å²) in [5.41, 5.74) is 1.28. The smallest absolute Gasteiger partial charge is 0.331 e. The summed E-state index contributed by atoms with van der Waals surface area (Å²) in [4.78, 5) is 24.7. The van der Waals surface area contributed by atoms with Gasteiger partial charge in [-0.15, -0.1) is 0 Å². The fourth-order valence-corrected chi connectivity index (χ4v) is 3.51. The first-order chi connectivity index (χ1) is 13.0. The minimum Gasteiger partial charge on any atom is -0.481 e.